The number of benzene rings is 1. The van der Waals surface area contributed by atoms with Crippen molar-refractivity contribution < 1.29 is 37.1 Å². The van der Waals surface area contributed by atoms with Crippen LogP contribution in [-0.4, -0.2) is 55.9 Å². The summed E-state index contributed by atoms with van der Waals surface area (Å²) in [6.45, 7) is -0.612. The standard InChI is InChI=1S/C20H18F4N4O4S/c1-27-8-6-26-17(27)19(32,20(22,23)24)11-15(29)25-7-9-28-16(30)14(33-18(28)31)10-12-2-4-13(21)5-3-12/h2-6,8,10,32H,7,9,11H2,1H3,(H,25,29)/b14-10+. The van der Waals surface area contributed by atoms with Crippen LogP contribution >= 0.6 is 11.8 Å². The van der Waals surface area contributed by atoms with Crippen LogP contribution in [0.2, 0.25) is 0 Å². The van der Waals surface area contributed by atoms with Crippen LogP contribution in [0.15, 0.2) is 41.6 Å². The molecule has 0 radical (unpaired) electrons. The lowest BCUT2D eigenvalue weighted by Crippen LogP contribution is -2.48. The minimum Gasteiger partial charge on any atom is -0.374 e. The maximum atomic E-state index is 13.5. The number of nitrogens with one attached hydrogen (secondary N) is 1. The van der Waals surface area contributed by atoms with Crippen molar-refractivity contribution in [3.8, 4) is 0 Å². The monoisotopic (exact) mass is 486 g/mol. The van der Waals surface area contributed by atoms with Crippen molar-refractivity contribution in [2.75, 3.05) is 13.1 Å². The van der Waals surface area contributed by atoms with E-state index in [4.69, 9.17) is 0 Å². The highest BCUT2D eigenvalue weighted by molar-refractivity contribution is 8.18. The smallest absolute Gasteiger partial charge is 0.374 e. The van der Waals surface area contributed by atoms with Crippen molar-refractivity contribution in [1.29, 1.82) is 0 Å². The number of aryl methyl sites for hydroxylation is 1. The van der Waals surface area contributed by atoms with Crippen molar-refractivity contribution in [3.63, 3.8) is 0 Å². The number of nitrogens with zero attached hydrogens (tertiary/aromatic N) is 3. The Morgan fingerprint density at radius 2 is 1.91 bits per heavy atom. The summed E-state index contributed by atoms with van der Waals surface area (Å²) in [6.07, 6.45) is -2.87. The largest absolute Gasteiger partial charge is 0.425 e. The summed E-state index contributed by atoms with van der Waals surface area (Å²) in [6, 6.07) is 5.23. The van der Waals surface area contributed by atoms with Gasteiger partial charge in [-0.05, 0) is 35.5 Å². The third-order valence-corrected chi connectivity index (χ3v) is 5.68. The lowest BCUT2D eigenvalue weighted by molar-refractivity contribution is -0.271. The van der Waals surface area contributed by atoms with Gasteiger partial charge in [-0.25, -0.2) is 9.37 Å². The van der Waals surface area contributed by atoms with E-state index in [1.165, 1.54) is 43.6 Å². The zero-order valence-electron chi connectivity index (χ0n) is 17.1. The predicted molar refractivity (Wildman–Crippen MR) is 110 cm³/mol. The van der Waals surface area contributed by atoms with Gasteiger partial charge in [-0.15, -0.1) is 0 Å². The number of amides is 3. The Bertz CT molecular complexity index is 1100. The molecule has 2 heterocycles. The number of hydrogen-bond donors (Lipinski definition) is 2. The number of halogens is 4. The molecule has 13 heteroatoms. The molecule has 1 aliphatic heterocycles. The molecular formula is C20H18F4N4O4S. The topological polar surface area (TPSA) is 105 Å². The summed E-state index contributed by atoms with van der Waals surface area (Å²) >= 11 is 0.645. The van der Waals surface area contributed by atoms with E-state index in [9.17, 15) is 37.1 Å². The number of hydrogen-bond acceptors (Lipinski definition) is 6. The molecule has 1 aromatic carbocycles. The number of imidazole rings is 1. The van der Waals surface area contributed by atoms with Gasteiger partial charge < -0.3 is 15.0 Å². The van der Waals surface area contributed by atoms with Gasteiger partial charge in [0.1, 0.15) is 5.82 Å². The normalized spacial score (nSPS) is 17.5. The highest BCUT2D eigenvalue weighted by Crippen LogP contribution is 2.40. The van der Waals surface area contributed by atoms with Crippen molar-refractivity contribution in [3.05, 3.63) is 58.8 Å². The first-order valence-electron chi connectivity index (χ1n) is 9.47. The van der Waals surface area contributed by atoms with Gasteiger partial charge in [0, 0.05) is 32.5 Å². The second-order valence-electron chi connectivity index (χ2n) is 7.13. The Balaban J connectivity index is 1.61. The van der Waals surface area contributed by atoms with E-state index in [-0.39, 0.29) is 18.0 Å². The molecule has 0 bridgehead atoms. The molecule has 8 nitrogen and oxygen atoms in total. The highest BCUT2D eigenvalue weighted by Gasteiger charge is 2.58. The van der Waals surface area contributed by atoms with Crippen LogP contribution in [0.4, 0.5) is 22.4 Å². The second-order valence-corrected chi connectivity index (χ2v) is 8.12. The summed E-state index contributed by atoms with van der Waals surface area (Å²) in [7, 11) is 1.25. The molecule has 2 N–H and O–H groups in total. The minimum absolute atomic E-state index is 0.0826. The van der Waals surface area contributed by atoms with Crippen LogP contribution in [0.25, 0.3) is 6.08 Å². The number of rotatable bonds is 7. The number of aliphatic hydroxyl groups is 1. The van der Waals surface area contributed by atoms with E-state index < -0.39 is 46.9 Å². The van der Waals surface area contributed by atoms with Crippen LogP contribution in [0, 0.1) is 5.82 Å². The van der Waals surface area contributed by atoms with Crippen molar-refractivity contribution in [2.45, 2.75) is 18.2 Å². The zero-order chi connectivity index (χ0) is 24.4. The Morgan fingerprint density at radius 1 is 1.24 bits per heavy atom. The van der Waals surface area contributed by atoms with E-state index in [1.807, 2.05) is 0 Å². The highest BCUT2D eigenvalue weighted by atomic mass is 32.2. The average Bonchev–Trinajstić information content (AvgIpc) is 3.27. The average molecular weight is 486 g/mol. The molecule has 2 aromatic rings. The lowest BCUT2D eigenvalue weighted by Gasteiger charge is -2.29. The van der Waals surface area contributed by atoms with E-state index in [2.05, 4.69) is 10.3 Å². The van der Waals surface area contributed by atoms with Gasteiger partial charge in [-0.1, -0.05) is 12.1 Å². The molecule has 1 aliphatic rings. The van der Waals surface area contributed by atoms with Gasteiger partial charge in [-0.3, -0.25) is 19.3 Å². The van der Waals surface area contributed by atoms with Crippen LogP contribution in [0.5, 0.6) is 0 Å². The van der Waals surface area contributed by atoms with Crippen LogP contribution in [0.3, 0.4) is 0 Å². The molecule has 33 heavy (non-hydrogen) atoms. The Labute approximate surface area is 189 Å². The molecule has 1 aromatic heterocycles. The number of carbonyl (C=O) groups is 3. The van der Waals surface area contributed by atoms with Gasteiger partial charge in [-0.2, -0.15) is 13.2 Å². The third kappa shape index (κ3) is 5.25. The van der Waals surface area contributed by atoms with Gasteiger partial charge >= 0.3 is 6.18 Å². The van der Waals surface area contributed by atoms with E-state index in [1.54, 1.807) is 0 Å². The van der Waals surface area contributed by atoms with E-state index in [0.717, 1.165) is 15.7 Å². The fourth-order valence-electron chi connectivity index (χ4n) is 3.08. The van der Waals surface area contributed by atoms with Gasteiger partial charge in [0.15, 0.2) is 5.82 Å². The first-order valence-corrected chi connectivity index (χ1v) is 10.3. The van der Waals surface area contributed by atoms with E-state index in [0.29, 0.717) is 17.3 Å². The van der Waals surface area contributed by atoms with Gasteiger partial charge in [0.2, 0.25) is 11.5 Å². The van der Waals surface area contributed by atoms with Gasteiger partial charge in [0.25, 0.3) is 11.1 Å². The Morgan fingerprint density at radius 3 is 2.48 bits per heavy atom. The predicted octanol–water partition coefficient (Wildman–Crippen LogP) is 2.55. The zero-order valence-corrected chi connectivity index (χ0v) is 17.9. The minimum atomic E-state index is -5.18. The molecule has 1 saturated heterocycles. The summed E-state index contributed by atoms with van der Waals surface area (Å²) in [5.74, 6) is -3.01. The second kappa shape index (κ2) is 9.35. The van der Waals surface area contributed by atoms with Crippen molar-refractivity contribution >= 4 is 34.9 Å². The molecule has 1 unspecified atom stereocenters. The quantitative estimate of drug-likeness (QED) is 0.461. The molecule has 3 amide bonds. The molecule has 0 spiro atoms. The maximum Gasteiger partial charge on any atom is 0.425 e. The molecular weight excluding hydrogens is 468 g/mol. The van der Waals surface area contributed by atoms with Crippen LogP contribution < -0.4 is 5.32 Å². The van der Waals surface area contributed by atoms with Crippen molar-refractivity contribution in [2.24, 2.45) is 7.05 Å². The van der Waals surface area contributed by atoms with Crippen LogP contribution in [0.1, 0.15) is 17.8 Å². The fraction of sp³-hybridized carbons (Fsp3) is 0.300. The molecule has 3 rings (SSSR count). The van der Waals surface area contributed by atoms with Gasteiger partial charge in [0.05, 0.1) is 11.3 Å². The van der Waals surface area contributed by atoms with E-state index >= 15 is 0 Å². The molecule has 1 fully saturated rings. The van der Waals surface area contributed by atoms with Crippen LogP contribution in [-0.2, 0) is 22.2 Å². The molecule has 0 saturated carbocycles. The summed E-state index contributed by atoms with van der Waals surface area (Å²) in [4.78, 5) is 41.1. The number of aromatic nitrogens is 2. The number of carbonyl (C=O) groups excluding carboxylic acids is 3. The first kappa shape index (κ1) is 24.5. The fourth-order valence-corrected chi connectivity index (χ4v) is 3.94. The third-order valence-electron chi connectivity index (χ3n) is 4.78. The molecule has 0 aliphatic carbocycles. The first-order chi connectivity index (χ1) is 15.4. The van der Waals surface area contributed by atoms with Crippen molar-refractivity contribution in [1.82, 2.24) is 19.8 Å². The Hall–Kier alpha value is -3.19. The SMILES string of the molecule is Cn1ccnc1C(O)(CC(=O)NCCN1C(=O)S/C(=C/c2ccc(F)cc2)C1=O)C(F)(F)F. The maximum absolute atomic E-state index is 13.5. The number of thioether (sulfide) groups is 1. The summed E-state index contributed by atoms with van der Waals surface area (Å²) < 4.78 is 54.5. The number of alkyl halides is 3. The molecule has 176 valence electrons. The summed E-state index contributed by atoms with van der Waals surface area (Å²) in [5, 5.41) is 11.8. The summed E-state index contributed by atoms with van der Waals surface area (Å²) in [5.41, 5.74) is -3.02. The lowest BCUT2D eigenvalue weighted by atomic mass is 9.97. The number of imide groups is 1. The Kier molecular flexibility index (Phi) is 6.93. The molecule has 1 atom stereocenters.